The number of carboxylic acid groups (broad SMARTS) is 1. The fraction of sp³-hybridized carbons (Fsp3) is 0.575. The standard InChI is InChI=1S/C40H59N11O10S/c41-12-14-44-36-33-37(47-26-46-36)51(27-48-33)39-35(54)34(53)31(61-39)25-62(23-11-30(43)40(56)57)22-5-3-1-2-4-6-32(52)50-49-24-28-7-9-29(10-8-28)38(55)45-15-17-59-19-21-60-20-18-58-16-13-42/h7-10,24,26-27,30-31,34-35,39,53-54H,1-2,4,6,11-23,25,41-43H2,(H3-,44,45,46,47,50,52,55,56,57)/p+1. The van der Waals surface area contributed by atoms with E-state index in [0.717, 1.165) is 0 Å². The first kappa shape index (κ1) is 49.9. The Morgan fingerprint density at radius 1 is 0.952 bits per heavy atom. The molecule has 0 bridgehead atoms. The van der Waals surface area contributed by atoms with E-state index in [4.69, 9.17) is 36.1 Å². The number of nitrogens with two attached hydrogens (primary N) is 3. The number of nitrogens with zero attached hydrogens (tertiary/aromatic N) is 5. The molecule has 4 rings (SSSR count). The van der Waals surface area contributed by atoms with Gasteiger partial charge in [-0.2, -0.15) is 5.10 Å². The highest BCUT2D eigenvalue weighted by molar-refractivity contribution is 7.97. The van der Waals surface area contributed by atoms with Crippen LogP contribution in [0.1, 0.15) is 54.3 Å². The molecule has 1 saturated heterocycles. The number of ether oxygens (including phenoxy) is 4. The molecule has 62 heavy (non-hydrogen) atoms. The molecule has 6 atom stereocenters. The summed E-state index contributed by atoms with van der Waals surface area (Å²) in [7, 11) is -0.525. The summed E-state index contributed by atoms with van der Waals surface area (Å²) in [5, 5.41) is 41.3. The van der Waals surface area contributed by atoms with E-state index in [1.54, 1.807) is 28.8 Å². The first-order chi connectivity index (χ1) is 30.1. The van der Waals surface area contributed by atoms with Gasteiger partial charge < -0.3 is 62.1 Å². The van der Waals surface area contributed by atoms with Crippen LogP contribution in [-0.2, 0) is 39.4 Å². The van der Waals surface area contributed by atoms with Gasteiger partial charge >= 0.3 is 5.97 Å². The van der Waals surface area contributed by atoms with Crippen molar-refractivity contribution in [2.45, 2.75) is 62.7 Å². The quantitative estimate of drug-likeness (QED) is 0.0128. The highest BCUT2D eigenvalue weighted by Gasteiger charge is 2.47. The van der Waals surface area contributed by atoms with Crippen LogP contribution in [0.15, 0.2) is 42.0 Å². The Kier molecular flexibility index (Phi) is 22.5. The molecule has 22 heteroatoms. The van der Waals surface area contributed by atoms with Crippen molar-refractivity contribution in [3.63, 3.8) is 0 Å². The number of carboxylic acids is 1. The fourth-order valence-corrected chi connectivity index (χ4v) is 8.04. The van der Waals surface area contributed by atoms with Crippen LogP contribution < -0.4 is 33.3 Å². The summed E-state index contributed by atoms with van der Waals surface area (Å²) < 4.78 is 23.8. The number of nitrogens with one attached hydrogen (secondary N) is 3. The Labute approximate surface area is 363 Å². The number of aliphatic carboxylic acids is 1. The topological polar surface area (TPSA) is 319 Å². The molecule has 340 valence electrons. The molecule has 12 N–H and O–H groups in total. The maximum Gasteiger partial charge on any atom is 0.320 e. The summed E-state index contributed by atoms with van der Waals surface area (Å²) in [6, 6.07) is 5.73. The number of benzene rings is 1. The lowest BCUT2D eigenvalue weighted by molar-refractivity contribution is -0.138. The van der Waals surface area contributed by atoms with Gasteiger partial charge in [0.15, 0.2) is 29.0 Å². The van der Waals surface area contributed by atoms with E-state index in [-0.39, 0.29) is 24.7 Å². The SMILES string of the molecule is NCCNc1ncnc2c1ncn2C1OC(C[S+](CC#CCCCCC(=O)N/N=C\c2ccc(C(=O)NCCOCCOCCOCCN)cc2)CCC(N)C(=O)O)C(O)C1O. The Bertz CT molecular complexity index is 1910. The van der Waals surface area contributed by atoms with Crippen molar-refractivity contribution in [1.29, 1.82) is 0 Å². The van der Waals surface area contributed by atoms with Gasteiger partial charge in [0, 0.05) is 61.9 Å². The molecule has 0 saturated carbocycles. The first-order valence-electron chi connectivity index (χ1n) is 20.5. The molecule has 1 aromatic carbocycles. The van der Waals surface area contributed by atoms with Gasteiger partial charge in [0.25, 0.3) is 5.91 Å². The average molecular weight is 887 g/mol. The molecular formula is C40H60N11O10S+. The van der Waals surface area contributed by atoms with Crippen LogP contribution in [0.2, 0.25) is 0 Å². The van der Waals surface area contributed by atoms with Gasteiger partial charge in [-0.25, -0.2) is 20.4 Å². The van der Waals surface area contributed by atoms with Crippen molar-refractivity contribution in [1.82, 2.24) is 30.3 Å². The number of rotatable bonds is 29. The molecule has 21 nitrogen and oxygen atoms in total. The number of hydrogen-bond donors (Lipinski definition) is 9. The highest BCUT2D eigenvalue weighted by Crippen LogP contribution is 2.33. The first-order valence-corrected chi connectivity index (χ1v) is 22.2. The molecule has 0 radical (unpaired) electrons. The smallest absolute Gasteiger partial charge is 0.320 e. The summed E-state index contributed by atoms with van der Waals surface area (Å²) in [5.74, 6) is 6.36. The van der Waals surface area contributed by atoms with E-state index in [1.807, 2.05) is 0 Å². The lowest BCUT2D eigenvalue weighted by Gasteiger charge is -2.16. The van der Waals surface area contributed by atoms with Crippen molar-refractivity contribution in [3.8, 4) is 11.8 Å². The Morgan fingerprint density at radius 2 is 1.69 bits per heavy atom. The monoisotopic (exact) mass is 886 g/mol. The molecule has 2 aromatic heterocycles. The van der Waals surface area contributed by atoms with E-state index >= 15 is 0 Å². The normalized spacial score (nSPS) is 18.3. The summed E-state index contributed by atoms with van der Waals surface area (Å²) in [6.07, 6.45) is 2.32. The zero-order valence-corrected chi connectivity index (χ0v) is 35.5. The van der Waals surface area contributed by atoms with Crippen molar-refractivity contribution in [2.75, 3.05) is 88.4 Å². The van der Waals surface area contributed by atoms with Crippen LogP contribution in [0.4, 0.5) is 5.82 Å². The molecule has 3 aromatic rings. The number of aromatic nitrogens is 4. The van der Waals surface area contributed by atoms with Crippen molar-refractivity contribution >= 4 is 51.9 Å². The number of aliphatic hydroxyl groups excluding tert-OH is 2. The predicted octanol–water partition coefficient (Wildman–Crippen LogP) is -1.31. The Balaban J connectivity index is 1.14. The van der Waals surface area contributed by atoms with Gasteiger partial charge in [-0.15, -0.1) is 0 Å². The Morgan fingerprint density at radius 3 is 2.42 bits per heavy atom. The van der Waals surface area contributed by atoms with Gasteiger partial charge in [0.2, 0.25) is 5.91 Å². The molecule has 2 amide bonds. The average Bonchev–Trinajstić information content (AvgIpc) is 3.82. The second-order valence-electron chi connectivity index (χ2n) is 14.0. The van der Waals surface area contributed by atoms with E-state index in [1.165, 1.54) is 18.9 Å². The molecule has 3 heterocycles. The molecule has 0 aliphatic carbocycles. The van der Waals surface area contributed by atoms with Gasteiger partial charge in [-0.1, -0.05) is 18.1 Å². The van der Waals surface area contributed by atoms with E-state index in [9.17, 15) is 29.7 Å². The largest absolute Gasteiger partial charge is 0.480 e. The third kappa shape index (κ3) is 16.8. The van der Waals surface area contributed by atoms with Crippen molar-refractivity contribution in [2.24, 2.45) is 22.3 Å². The number of carbonyl (C=O) groups is 3. The lowest BCUT2D eigenvalue weighted by Crippen LogP contribution is -2.38. The highest BCUT2D eigenvalue weighted by atomic mass is 32.2. The molecule has 6 unspecified atom stereocenters. The zero-order chi connectivity index (χ0) is 44.5. The third-order valence-electron chi connectivity index (χ3n) is 9.31. The fourth-order valence-electron chi connectivity index (χ4n) is 5.98. The number of hydrazone groups is 1. The molecule has 1 aliphatic rings. The number of aliphatic hydroxyl groups is 2. The second-order valence-corrected chi connectivity index (χ2v) is 16.3. The van der Waals surface area contributed by atoms with Gasteiger partial charge in [-0.3, -0.25) is 19.0 Å². The number of imidazole rings is 1. The number of fused-ring (bicyclic) bond motifs is 1. The number of hydrogen-bond acceptors (Lipinski definition) is 17. The summed E-state index contributed by atoms with van der Waals surface area (Å²) in [4.78, 5) is 49.1. The predicted molar refractivity (Wildman–Crippen MR) is 233 cm³/mol. The lowest BCUT2D eigenvalue weighted by atomic mass is 10.1. The maximum absolute atomic E-state index is 12.4. The number of amides is 2. The van der Waals surface area contributed by atoms with Gasteiger partial charge in [-0.05, 0) is 36.5 Å². The van der Waals surface area contributed by atoms with E-state index < -0.39 is 47.4 Å². The number of unbranched alkanes of at least 4 members (excludes halogenated alkanes) is 2. The maximum atomic E-state index is 12.4. The van der Waals surface area contributed by atoms with Gasteiger partial charge in [0.1, 0.15) is 42.2 Å². The summed E-state index contributed by atoms with van der Waals surface area (Å²) in [6.45, 7) is 4.33. The minimum absolute atomic E-state index is 0.207. The molecule has 1 fully saturated rings. The number of anilines is 1. The van der Waals surface area contributed by atoms with E-state index in [2.05, 4.69) is 48.0 Å². The molecule has 0 spiro atoms. The number of carbonyl (C=O) groups excluding carboxylic acids is 2. The van der Waals surface area contributed by atoms with Crippen LogP contribution in [0.5, 0.6) is 0 Å². The van der Waals surface area contributed by atoms with Crippen LogP contribution in [0.25, 0.3) is 11.2 Å². The third-order valence-corrected chi connectivity index (χ3v) is 11.5. The molecular weight excluding hydrogens is 827 g/mol. The van der Waals surface area contributed by atoms with Crippen LogP contribution in [0, 0.1) is 11.8 Å². The van der Waals surface area contributed by atoms with Crippen LogP contribution in [0.3, 0.4) is 0 Å². The zero-order valence-electron chi connectivity index (χ0n) is 34.7. The summed E-state index contributed by atoms with van der Waals surface area (Å²) >= 11 is 0. The molecule has 1 aliphatic heterocycles. The van der Waals surface area contributed by atoms with Crippen molar-refractivity contribution < 1.29 is 48.7 Å². The minimum atomic E-state index is -1.28. The minimum Gasteiger partial charge on any atom is -0.480 e. The van der Waals surface area contributed by atoms with Crippen molar-refractivity contribution in [3.05, 3.63) is 48.0 Å². The second kappa shape index (κ2) is 28.0. The van der Waals surface area contributed by atoms with E-state index in [0.29, 0.717) is 130 Å². The summed E-state index contributed by atoms with van der Waals surface area (Å²) in [5.41, 5.74) is 21.3. The van der Waals surface area contributed by atoms with Crippen LogP contribution >= 0.6 is 0 Å². The van der Waals surface area contributed by atoms with Gasteiger partial charge in [0.05, 0.1) is 52.2 Å². The van der Waals surface area contributed by atoms with Crippen LogP contribution in [-0.4, -0.2) is 166 Å². The Hall–Kier alpha value is -4.80.